The normalized spacial score (nSPS) is 22.0. The molecule has 1 atom stereocenters. The van der Waals surface area contributed by atoms with Gasteiger partial charge in [0.1, 0.15) is 6.04 Å². The second-order valence-corrected chi connectivity index (χ2v) is 6.74. The first-order chi connectivity index (χ1) is 10.5. The summed E-state index contributed by atoms with van der Waals surface area (Å²) in [7, 11) is 0. The lowest BCUT2D eigenvalue weighted by Crippen LogP contribution is -2.43. The molecule has 1 amide bonds. The monoisotopic (exact) mass is 303 g/mol. The topological polar surface area (TPSA) is 66.4 Å². The summed E-state index contributed by atoms with van der Waals surface area (Å²) in [4.78, 5) is 23.2. The van der Waals surface area contributed by atoms with Crippen LogP contribution in [0.4, 0.5) is 0 Å². The number of benzene rings is 1. The van der Waals surface area contributed by atoms with Crippen molar-refractivity contribution in [1.82, 2.24) is 5.32 Å². The Labute approximate surface area is 131 Å². The molecule has 1 fully saturated rings. The molecule has 2 rings (SSSR count). The highest BCUT2D eigenvalue weighted by Gasteiger charge is 2.32. The lowest BCUT2D eigenvalue weighted by molar-refractivity contribution is -0.142. The molecular formula is C18H25NO3. The number of nitrogens with one attached hydrogen (secondary N) is 1. The van der Waals surface area contributed by atoms with Crippen LogP contribution in [0, 0.1) is 11.8 Å². The van der Waals surface area contributed by atoms with E-state index in [1.807, 2.05) is 32.0 Å². The van der Waals surface area contributed by atoms with E-state index in [4.69, 9.17) is 5.11 Å². The number of rotatable bonds is 7. The zero-order chi connectivity index (χ0) is 16.1. The van der Waals surface area contributed by atoms with E-state index in [2.05, 4.69) is 17.4 Å². The molecule has 0 aliphatic heterocycles. The molecule has 22 heavy (non-hydrogen) atoms. The minimum absolute atomic E-state index is 0.135. The van der Waals surface area contributed by atoms with E-state index in [0.717, 1.165) is 12.8 Å². The van der Waals surface area contributed by atoms with Crippen molar-refractivity contribution in [1.29, 1.82) is 0 Å². The smallest absolute Gasteiger partial charge is 0.326 e. The van der Waals surface area contributed by atoms with Crippen LogP contribution in [-0.2, 0) is 9.59 Å². The van der Waals surface area contributed by atoms with Crippen molar-refractivity contribution in [3.05, 3.63) is 35.9 Å². The van der Waals surface area contributed by atoms with Gasteiger partial charge in [-0.15, -0.1) is 0 Å². The van der Waals surface area contributed by atoms with Gasteiger partial charge in [-0.3, -0.25) is 4.79 Å². The molecule has 0 radical (unpaired) electrons. The van der Waals surface area contributed by atoms with E-state index in [9.17, 15) is 9.59 Å². The third kappa shape index (κ3) is 4.58. The van der Waals surface area contributed by atoms with Gasteiger partial charge in [-0.25, -0.2) is 4.79 Å². The third-order valence-electron chi connectivity index (χ3n) is 4.32. The molecule has 120 valence electrons. The van der Waals surface area contributed by atoms with Crippen molar-refractivity contribution in [3.8, 4) is 0 Å². The average molecular weight is 303 g/mol. The van der Waals surface area contributed by atoms with Gasteiger partial charge in [0.15, 0.2) is 0 Å². The quantitative estimate of drug-likeness (QED) is 0.813. The Hall–Kier alpha value is -1.84. The summed E-state index contributed by atoms with van der Waals surface area (Å²) >= 11 is 0. The van der Waals surface area contributed by atoms with E-state index in [1.54, 1.807) is 0 Å². The van der Waals surface area contributed by atoms with Crippen LogP contribution >= 0.6 is 0 Å². The second kappa shape index (κ2) is 7.43. The van der Waals surface area contributed by atoms with Gasteiger partial charge in [0.25, 0.3) is 0 Å². The van der Waals surface area contributed by atoms with Gasteiger partial charge in [-0.05, 0) is 42.6 Å². The summed E-state index contributed by atoms with van der Waals surface area (Å²) in [5, 5.41) is 11.8. The van der Waals surface area contributed by atoms with Gasteiger partial charge in [-0.1, -0.05) is 44.2 Å². The van der Waals surface area contributed by atoms with Crippen LogP contribution in [0.1, 0.15) is 51.0 Å². The van der Waals surface area contributed by atoms with Crippen molar-refractivity contribution in [2.75, 3.05) is 0 Å². The Bertz CT molecular complexity index is 506. The van der Waals surface area contributed by atoms with E-state index >= 15 is 0 Å². The maximum absolute atomic E-state index is 12.0. The average Bonchev–Trinajstić information content (AvgIpc) is 2.42. The first kappa shape index (κ1) is 16.5. The summed E-state index contributed by atoms with van der Waals surface area (Å²) in [6.45, 7) is 3.91. The largest absolute Gasteiger partial charge is 0.480 e. The number of amides is 1. The number of carbonyl (C=O) groups excluding carboxylic acids is 1. The predicted molar refractivity (Wildman–Crippen MR) is 85.5 cm³/mol. The molecule has 0 aromatic heterocycles. The van der Waals surface area contributed by atoms with E-state index < -0.39 is 12.0 Å². The summed E-state index contributed by atoms with van der Waals surface area (Å²) in [5.41, 5.74) is 1.34. The lowest BCUT2D eigenvalue weighted by atomic mass is 9.70. The minimum atomic E-state index is -0.946. The summed E-state index contributed by atoms with van der Waals surface area (Å²) in [6.07, 6.45) is 2.93. The maximum atomic E-state index is 12.0. The highest BCUT2D eigenvalue weighted by molar-refractivity contribution is 5.83. The SMILES string of the molecule is CC(C)C[C@H](NC(=O)CC1CC(c2ccccc2)C1)C(=O)O. The van der Waals surface area contributed by atoms with Gasteiger partial charge in [-0.2, -0.15) is 0 Å². The molecule has 0 heterocycles. The van der Waals surface area contributed by atoms with Crippen molar-refractivity contribution in [2.45, 2.75) is 51.5 Å². The third-order valence-corrected chi connectivity index (χ3v) is 4.32. The van der Waals surface area contributed by atoms with Crippen molar-refractivity contribution >= 4 is 11.9 Å². The Morgan fingerprint density at radius 3 is 2.41 bits per heavy atom. The van der Waals surface area contributed by atoms with Crippen LogP contribution in [-0.4, -0.2) is 23.0 Å². The molecule has 0 bridgehead atoms. The number of hydrogen-bond donors (Lipinski definition) is 2. The molecule has 0 saturated heterocycles. The van der Waals surface area contributed by atoms with Gasteiger partial charge in [0.2, 0.25) is 5.91 Å². The highest BCUT2D eigenvalue weighted by Crippen LogP contribution is 2.43. The second-order valence-electron chi connectivity index (χ2n) is 6.74. The molecule has 0 spiro atoms. The molecule has 0 unspecified atom stereocenters. The lowest BCUT2D eigenvalue weighted by Gasteiger charge is -2.35. The number of carboxylic acid groups (broad SMARTS) is 1. The van der Waals surface area contributed by atoms with Crippen molar-refractivity contribution in [2.24, 2.45) is 11.8 Å². The summed E-state index contributed by atoms with van der Waals surface area (Å²) in [5.74, 6) is 0.0820. The molecule has 1 aliphatic carbocycles. The van der Waals surface area contributed by atoms with E-state index in [0.29, 0.717) is 24.7 Å². The van der Waals surface area contributed by atoms with Gasteiger partial charge in [0, 0.05) is 6.42 Å². The van der Waals surface area contributed by atoms with Crippen LogP contribution in [0.3, 0.4) is 0 Å². The number of carboxylic acids is 1. The fourth-order valence-electron chi connectivity index (χ4n) is 3.11. The number of aliphatic carboxylic acids is 1. The molecule has 2 N–H and O–H groups in total. The summed E-state index contributed by atoms with van der Waals surface area (Å²) < 4.78 is 0. The molecule has 4 heteroatoms. The maximum Gasteiger partial charge on any atom is 0.326 e. The number of carbonyl (C=O) groups is 2. The molecular weight excluding hydrogens is 278 g/mol. The van der Waals surface area contributed by atoms with Crippen LogP contribution in [0.2, 0.25) is 0 Å². The Morgan fingerprint density at radius 2 is 1.86 bits per heavy atom. The first-order valence-electron chi connectivity index (χ1n) is 8.02. The molecule has 1 saturated carbocycles. The fraction of sp³-hybridized carbons (Fsp3) is 0.556. The zero-order valence-electron chi connectivity index (χ0n) is 13.3. The molecule has 1 aromatic carbocycles. The fourth-order valence-corrected chi connectivity index (χ4v) is 3.11. The molecule has 1 aromatic rings. The van der Waals surface area contributed by atoms with Crippen LogP contribution in [0.25, 0.3) is 0 Å². The van der Waals surface area contributed by atoms with E-state index in [-0.39, 0.29) is 11.8 Å². The Balaban J connectivity index is 1.76. The number of hydrogen-bond acceptors (Lipinski definition) is 2. The van der Waals surface area contributed by atoms with Crippen LogP contribution < -0.4 is 5.32 Å². The van der Waals surface area contributed by atoms with Crippen molar-refractivity contribution < 1.29 is 14.7 Å². The predicted octanol–water partition coefficient (Wildman–Crippen LogP) is 3.19. The highest BCUT2D eigenvalue weighted by atomic mass is 16.4. The Kier molecular flexibility index (Phi) is 5.58. The Morgan fingerprint density at radius 1 is 1.23 bits per heavy atom. The molecule has 4 nitrogen and oxygen atoms in total. The van der Waals surface area contributed by atoms with Gasteiger partial charge in [0.05, 0.1) is 0 Å². The minimum Gasteiger partial charge on any atom is -0.480 e. The van der Waals surface area contributed by atoms with Crippen LogP contribution in [0.15, 0.2) is 30.3 Å². The zero-order valence-corrected chi connectivity index (χ0v) is 13.3. The first-order valence-corrected chi connectivity index (χ1v) is 8.02. The van der Waals surface area contributed by atoms with Gasteiger partial charge < -0.3 is 10.4 Å². The standard InChI is InChI=1S/C18H25NO3/c1-12(2)8-16(18(21)22)19-17(20)11-13-9-15(10-13)14-6-4-3-5-7-14/h3-7,12-13,15-16H,8-11H2,1-2H3,(H,19,20)(H,21,22)/t13?,15?,16-/m0/s1. The van der Waals surface area contributed by atoms with Crippen molar-refractivity contribution in [3.63, 3.8) is 0 Å². The molecule has 1 aliphatic rings. The summed E-state index contributed by atoms with van der Waals surface area (Å²) in [6, 6.07) is 9.58. The van der Waals surface area contributed by atoms with Gasteiger partial charge >= 0.3 is 5.97 Å². The van der Waals surface area contributed by atoms with E-state index in [1.165, 1.54) is 5.56 Å². The van der Waals surface area contributed by atoms with Crippen LogP contribution in [0.5, 0.6) is 0 Å².